The van der Waals surface area contributed by atoms with Crippen LogP contribution in [0.15, 0.2) is 57.8 Å². The van der Waals surface area contributed by atoms with E-state index in [1.54, 1.807) is 42.5 Å². The van der Waals surface area contributed by atoms with Crippen molar-refractivity contribution in [2.45, 2.75) is 11.3 Å². The average molecular weight is 350 g/mol. The molecule has 0 spiro atoms. The second-order valence-corrected chi connectivity index (χ2v) is 6.88. The SMILES string of the molecule is O=C(CC1=NS(=O)(=O)c2ccccc2N1)Nc1ccc(Cl)cc1. The van der Waals surface area contributed by atoms with Crippen LogP contribution >= 0.6 is 11.6 Å². The quantitative estimate of drug-likeness (QED) is 0.891. The highest BCUT2D eigenvalue weighted by atomic mass is 35.5. The summed E-state index contributed by atoms with van der Waals surface area (Å²) in [5.74, 6) is -0.302. The third-order valence-corrected chi connectivity index (χ3v) is 4.75. The van der Waals surface area contributed by atoms with E-state index in [9.17, 15) is 13.2 Å². The van der Waals surface area contributed by atoms with Crippen molar-refractivity contribution in [2.24, 2.45) is 4.40 Å². The molecule has 0 saturated carbocycles. The third kappa shape index (κ3) is 3.52. The standard InChI is InChI=1S/C15H12ClN3O3S/c16-10-5-7-11(8-6-10)17-15(20)9-14-18-12-3-1-2-4-13(12)23(21,22)19-14/h1-8H,9H2,(H,17,20)(H,18,19). The minimum Gasteiger partial charge on any atom is -0.341 e. The Morgan fingerprint density at radius 1 is 1.13 bits per heavy atom. The van der Waals surface area contributed by atoms with Gasteiger partial charge in [0.2, 0.25) is 5.91 Å². The van der Waals surface area contributed by atoms with Gasteiger partial charge in [-0.3, -0.25) is 4.79 Å². The van der Waals surface area contributed by atoms with Crippen LogP contribution in [0.2, 0.25) is 5.02 Å². The molecule has 0 radical (unpaired) electrons. The van der Waals surface area contributed by atoms with Crippen LogP contribution in [0.4, 0.5) is 11.4 Å². The topological polar surface area (TPSA) is 87.6 Å². The van der Waals surface area contributed by atoms with Gasteiger partial charge < -0.3 is 10.6 Å². The van der Waals surface area contributed by atoms with Gasteiger partial charge in [0, 0.05) is 10.7 Å². The molecule has 1 aliphatic rings. The Bertz CT molecular complexity index is 892. The van der Waals surface area contributed by atoms with Crippen LogP contribution in [0.3, 0.4) is 0 Å². The van der Waals surface area contributed by atoms with Crippen LogP contribution in [-0.4, -0.2) is 20.2 Å². The van der Waals surface area contributed by atoms with E-state index >= 15 is 0 Å². The third-order valence-electron chi connectivity index (χ3n) is 3.13. The summed E-state index contributed by atoms with van der Waals surface area (Å²) in [6.07, 6.45) is -0.184. The lowest BCUT2D eigenvalue weighted by Gasteiger charge is -2.17. The number of hydrogen-bond donors (Lipinski definition) is 2. The fourth-order valence-electron chi connectivity index (χ4n) is 2.13. The first-order chi connectivity index (χ1) is 10.9. The van der Waals surface area contributed by atoms with Crippen LogP contribution in [0.25, 0.3) is 0 Å². The molecule has 0 fully saturated rings. The number of rotatable bonds is 3. The van der Waals surface area contributed by atoms with Crippen molar-refractivity contribution >= 4 is 44.7 Å². The molecular formula is C15H12ClN3O3S. The van der Waals surface area contributed by atoms with Crippen LogP contribution in [0.1, 0.15) is 6.42 Å². The van der Waals surface area contributed by atoms with Gasteiger partial charge in [-0.15, -0.1) is 4.40 Å². The fourth-order valence-corrected chi connectivity index (χ4v) is 3.41. The van der Waals surface area contributed by atoms with E-state index in [0.717, 1.165) is 0 Å². The first-order valence-electron chi connectivity index (χ1n) is 6.69. The number of nitrogens with zero attached hydrogens (tertiary/aromatic N) is 1. The smallest absolute Gasteiger partial charge is 0.286 e. The van der Waals surface area contributed by atoms with E-state index in [2.05, 4.69) is 15.0 Å². The number of nitrogens with one attached hydrogen (secondary N) is 2. The van der Waals surface area contributed by atoms with Crippen molar-refractivity contribution in [3.8, 4) is 0 Å². The van der Waals surface area contributed by atoms with Gasteiger partial charge in [-0.2, -0.15) is 8.42 Å². The highest BCUT2D eigenvalue weighted by Crippen LogP contribution is 2.27. The van der Waals surface area contributed by atoms with Gasteiger partial charge in [0.1, 0.15) is 10.7 Å². The molecule has 3 rings (SSSR count). The normalized spacial score (nSPS) is 15.1. The molecule has 0 unspecified atom stereocenters. The first-order valence-corrected chi connectivity index (χ1v) is 8.51. The average Bonchev–Trinajstić information content (AvgIpc) is 2.49. The second kappa shape index (κ2) is 6.02. The number of halogens is 1. The van der Waals surface area contributed by atoms with E-state index in [1.807, 2.05) is 0 Å². The van der Waals surface area contributed by atoms with Crippen LogP contribution in [0, 0.1) is 0 Å². The van der Waals surface area contributed by atoms with E-state index < -0.39 is 10.0 Å². The number of carbonyl (C=O) groups excluding carboxylic acids is 1. The minimum absolute atomic E-state index is 0.0789. The summed E-state index contributed by atoms with van der Waals surface area (Å²) >= 11 is 5.77. The molecule has 1 amide bonds. The Hall–Kier alpha value is -2.38. The number of benzene rings is 2. The van der Waals surface area contributed by atoms with Gasteiger partial charge in [-0.05, 0) is 36.4 Å². The predicted molar refractivity (Wildman–Crippen MR) is 89.4 cm³/mol. The minimum atomic E-state index is -3.79. The molecule has 6 nitrogen and oxygen atoms in total. The number of amides is 1. The van der Waals surface area contributed by atoms with Crippen molar-refractivity contribution in [2.75, 3.05) is 10.6 Å². The second-order valence-electron chi connectivity index (χ2n) is 4.87. The Labute approximate surface area is 138 Å². The molecule has 0 aliphatic carbocycles. The zero-order valence-electron chi connectivity index (χ0n) is 11.8. The monoisotopic (exact) mass is 349 g/mol. The fraction of sp³-hybridized carbons (Fsp3) is 0.0667. The van der Waals surface area contributed by atoms with Gasteiger partial charge in [-0.25, -0.2) is 0 Å². The molecule has 2 aromatic carbocycles. The molecule has 0 aromatic heterocycles. The first kappa shape index (κ1) is 15.5. The van der Waals surface area contributed by atoms with Gasteiger partial charge in [-0.1, -0.05) is 23.7 Å². The lowest BCUT2D eigenvalue weighted by atomic mass is 10.2. The number of carbonyl (C=O) groups is 1. The molecule has 2 N–H and O–H groups in total. The number of amidine groups is 1. The van der Waals surface area contributed by atoms with E-state index in [-0.39, 0.29) is 23.1 Å². The summed E-state index contributed by atoms with van der Waals surface area (Å²) in [5, 5.41) is 6.08. The Balaban J connectivity index is 1.75. The van der Waals surface area contributed by atoms with Crippen molar-refractivity contribution in [1.82, 2.24) is 0 Å². The number of para-hydroxylation sites is 1. The molecule has 0 saturated heterocycles. The lowest BCUT2D eigenvalue weighted by Crippen LogP contribution is -2.26. The van der Waals surface area contributed by atoms with Crippen LogP contribution < -0.4 is 10.6 Å². The molecule has 1 heterocycles. The molecule has 118 valence electrons. The number of sulfonamides is 1. The van der Waals surface area contributed by atoms with Crippen molar-refractivity contribution in [3.05, 3.63) is 53.6 Å². The van der Waals surface area contributed by atoms with E-state index in [0.29, 0.717) is 16.4 Å². The van der Waals surface area contributed by atoms with Gasteiger partial charge in [0.25, 0.3) is 10.0 Å². The Morgan fingerprint density at radius 3 is 2.57 bits per heavy atom. The Morgan fingerprint density at radius 2 is 1.83 bits per heavy atom. The molecule has 0 atom stereocenters. The van der Waals surface area contributed by atoms with Crippen molar-refractivity contribution in [3.63, 3.8) is 0 Å². The molecule has 0 bridgehead atoms. The van der Waals surface area contributed by atoms with Crippen LogP contribution in [-0.2, 0) is 14.8 Å². The Kier molecular flexibility index (Phi) is 4.06. The summed E-state index contributed by atoms with van der Waals surface area (Å²) in [6, 6.07) is 13.0. The summed E-state index contributed by atoms with van der Waals surface area (Å²) in [7, 11) is -3.79. The molecule has 23 heavy (non-hydrogen) atoms. The summed E-state index contributed by atoms with van der Waals surface area (Å²) < 4.78 is 27.8. The van der Waals surface area contributed by atoms with Gasteiger partial charge in [0.15, 0.2) is 0 Å². The zero-order chi connectivity index (χ0) is 16.4. The molecule has 1 aliphatic heterocycles. The van der Waals surface area contributed by atoms with E-state index in [1.165, 1.54) is 6.07 Å². The zero-order valence-corrected chi connectivity index (χ0v) is 13.4. The molecule has 8 heteroatoms. The maximum atomic E-state index is 12.1. The van der Waals surface area contributed by atoms with E-state index in [4.69, 9.17) is 11.6 Å². The van der Waals surface area contributed by atoms with Crippen LogP contribution in [0.5, 0.6) is 0 Å². The number of anilines is 2. The number of fused-ring (bicyclic) bond motifs is 1. The predicted octanol–water partition coefficient (Wildman–Crippen LogP) is 2.88. The highest BCUT2D eigenvalue weighted by Gasteiger charge is 2.25. The van der Waals surface area contributed by atoms with Crippen molar-refractivity contribution in [1.29, 1.82) is 0 Å². The molecule has 2 aromatic rings. The molecular weight excluding hydrogens is 338 g/mol. The number of hydrogen-bond acceptors (Lipinski definition) is 4. The lowest BCUT2D eigenvalue weighted by molar-refractivity contribution is -0.115. The summed E-state index contributed by atoms with van der Waals surface area (Å²) in [4.78, 5) is 12.1. The van der Waals surface area contributed by atoms with Gasteiger partial charge in [0.05, 0.1) is 12.1 Å². The van der Waals surface area contributed by atoms with Crippen molar-refractivity contribution < 1.29 is 13.2 Å². The summed E-state index contributed by atoms with van der Waals surface area (Å²) in [6.45, 7) is 0. The van der Waals surface area contributed by atoms with Gasteiger partial charge >= 0.3 is 0 Å². The largest absolute Gasteiger partial charge is 0.341 e. The summed E-state index contributed by atoms with van der Waals surface area (Å²) in [5.41, 5.74) is 0.982. The maximum Gasteiger partial charge on any atom is 0.286 e. The highest BCUT2D eigenvalue weighted by molar-refractivity contribution is 7.90. The maximum absolute atomic E-state index is 12.1.